The topological polar surface area (TPSA) is 97.7 Å². The summed E-state index contributed by atoms with van der Waals surface area (Å²) in [6, 6.07) is 8.70. The second-order valence-electron chi connectivity index (χ2n) is 7.86. The van der Waals surface area contributed by atoms with Crippen LogP contribution in [0.5, 0.6) is 0 Å². The van der Waals surface area contributed by atoms with E-state index in [9.17, 15) is 9.00 Å². The summed E-state index contributed by atoms with van der Waals surface area (Å²) in [5.41, 5.74) is 1.51. The van der Waals surface area contributed by atoms with E-state index in [1.165, 1.54) is 0 Å². The van der Waals surface area contributed by atoms with E-state index < -0.39 is 9.73 Å². The quantitative estimate of drug-likeness (QED) is 0.621. The molecule has 0 spiro atoms. The SMILES string of the molecule is O=C(NC1CCC(c2nc3cc(Cl)ccc3o2)CC1)c1ccc(S2(=O)=NCCC2)o1. The fourth-order valence-electron chi connectivity index (χ4n) is 4.15. The van der Waals surface area contributed by atoms with E-state index in [1.807, 2.05) is 6.07 Å². The molecule has 1 unspecified atom stereocenters. The number of oxazole rings is 1. The molecule has 1 aliphatic carbocycles. The fraction of sp³-hybridized carbons (Fsp3) is 0.429. The molecule has 5 rings (SSSR count). The average molecular weight is 448 g/mol. The summed E-state index contributed by atoms with van der Waals surface area (Å²) in [6.07, 6.45) is 4.20. The molecule has 0 radical (unpaired) electrons. The minimum atomic E-state index is -2.48. The first-order valence-corrected chi connectivity index (χ1v) is 12.2. The Morgan fingerprint density at radius 2 is 1.97 bits per heavy atom. The van der Waals surface area contributed by atoms with Gasteiger partial charge < -0.3 is 14.2 Å². The van der Waals surface area contributed by atoms with E-state index in [0.717, 1.165) is 49.1 Å². The number of nitrogens with zero attached hydrogens (tertiary/aromatic N) is 2. The molecular weight excluding hydrogens is 426 g/mol. The molecule has 1 aromatic carbocycles. The Bertz CT molecular complexity index is 1220. The lowest BCUT2D eigenvalue weighted by atomic mass is 9.86. The van der Waals surface area contributed by atoms with Gasteiger partial charge in [-0.25, -0.2) is 13.6 Å². The van der Waals surface area contributed by atoms with Crippen LogP contribution in [0.2, 0.25) is 5.02 Å². The Labute approximate surface area is 179 Å². The van der Waals surface area contributed by atoms with E-state index in [4.69, 9.17) is 20.4 Å². The lowest BCUT2D eigenvalue weighted by molar-refractivity contribution is 0.0891. The van der Waals surface area contributed by atoms with Crippen LogP contribution in [0.1, 0.15) is 54.5 Å². The molecule has 7 nitrogen and oxygen atoms in total. The Morgan fingerprint density at radius 3 is 2.73 bits per heavy atom. The van der Waals surface area contributed by atoms with Crippen LogP contribution >= 0.6 is 11.6 Å². The summed E-state index contributed by atoms with van der Waals surface area (Å²) in [5.74, 6) is 1.37. The van der Waals surface area contributed by atoms with Gasteiger partial charge in [0.05, 0.1) is 0 Å². The predicted octanol–water partition coefficient (Wildman–Crippen LogP) is 4.76. The molecule has 0 bridgehead atoms. The van der Waals surface area contributed by atoms with Gasteiger partial charge in [0.25, 0.3) is 5.91 Å². The minimum absolute atomic E-state index is 0.0610. The van der Waals surface area contributed by atoms with Crippen LogP contribution in [0.25, 0.3) is 11.1 Å². The van der Waals surface area contributed by atoms with Gasteiger partial charge in [-0.05, 0) is 62.4 Å². The highest BCUT2D eigenvalue weighted by Crippen LogP contribution is 2.34. The number of amides is 1. The van der Waals surface area contributed by atoms with Gasteiger partial charge in [0, 0.05) is 29.3 Å². The molecule has 1 atom stereocenters. The molecule has 1 saturated carbocycles. The first-order valence-electron chi connectivity index (χ1n) is 10.2. The van der Waals surface area contributed by atoms with Gasteiger partial charge in [0.2, 0.25) is 0 Å². The third kappa shape index (κ3) is 3.74. The maximum atomic E-state index is 12.7. The molecule has 158 valence electrons. The van der Waals surface area contributed by atoms with Gasteiger partial charge >= 0.3 is 0 Å². The van der Waals surface area contributed by atoms with Crippen LogP contribution in [0.15, 0.2) is 48.6 Å². The molecule has 1 N–H and O–H groups in total. The normalized spacial score (nSPS) is 26.6. The molecule has 1 fully saturated rings. The van der Waals surface area contributed by atoms with Crippen molar-refractivity contribution in [1.29, 1.82) is 0 Å². The number of aromatic nitrogens is 1. The number of benzene rings is 1. The molecular formula is C21H22ClN3O4S. The van der Waals surface area contributed by atoms with Crippen molar-refractivity contribution >= 4 is 38.3 Å². The van der Waals surface area contributed by atoms with E-state index in [1.54, 1.807) is 24.3 Å². The van der Waals surface area contributed by atoms with Crippen molar-refractivity contribution in [3.63, 3.8) is 0 Å². The zero-order chi connectivity index (χ0) is 20.7. The predicted molar refractivity (Wildman–Crippen MR) is 113 cm³/mol. The Hall–Kier alpha value is -2.32. The molecule has 1 amide bonds. The summed E-state index contributed by atoms with van der Waals surface area (Å²) >= 11 is 6.03. The third-order valence-corrected chi connectivity index (χ3v) is 8.30. The molecule has 1 aliphatic heterocycles. The van der Waals surface area contributed by atoms with Crippen molar-refractivity contribution < 1.29 is 17.8 Å². The number of fused-ring (bicyclic) bond motifs is 1. The van der Waals surface area contributed by atoms with Crippen molar-refractivity contribution in [3.05, 3.63) is 47.0 Å². The van der Waals surface area contributed by atoms with Crippen molar-refractivity contribution in [2.45, 2.75) is 49.2 Å². The maximum Gasteiger partial charge on any atom is 0.287 e. The fourth-order valence-corrected chi connectivity index (χ4v) is 6.22. The van der Waals surface area contributed by atoms with Crippen molar-refractivity contribution in [2.75, 3.05) is 12.3 Å². The van der Waals surface area contributed by atoms with Crippen LogP contribution in [0, 0.1) is 0 Å². The molecule has 0 saturated heterocycles. The van der Waals surface area contributed by atoms with E-state index >= 15 is 0 Å². The van der Waals surface area contributed by atoms with Gasteiger partial charge in [0.1, 0.15) is 15.2 Å². The highest BCUT2D eigenvalue weighted by atomic mass is 35.5. The molecule has 3 aromatic rings. The average Bonchev–Trinajstić information content (AvgIpc) is 3.48. The lowest BCUT2D eigenvalue weighted by Gasteiger charge is -2.27. The Morgan fingerprint density at radius 1 is 1.13 bits per heavy atom. The number of rotatable bonds is 4. The summed E-state index contributed by atoms with van der Waals surface area (Å²) < 4.78 is 28.3. The largest absolute Gasteiger partial charge is 0.441 e. The lowest BCUT2D eigenvalue weighted by Crippen LogP contribution is -2.37. The minimum Gasteiger partial charge on any atom is -0.441 e. The third-order valence-electron chi connectivity index (χ3n) is 5.78. The number of hydrogen-bond donors (Lipinski definition) is 1. The summed E-state index contributed by atoms with van der Waals surface area (Å²) in [7, 11) is -2.48. The highest BCUT2D eigenvalue weighted by Gasteiger charge is 2.28. The molecule has 30 heavy (non-hydrogen) atoms. The Balaban J connectivity index is 1.20. The number of furan rings is 1. The number of hydrogen-bond acceptors (Lipinski definition) is 6. The summed E-state index contributed by atoms with van der Waals surface area (Å²) in [6.45, 7) is 0.581. The van der Waals surface area contributed by atoms with Crippen molar-refractivity contribution in [1.82, 2.24) is 10.3 Å². The number of nitrogens with one attached hydrogen (secondary N) is 1. The van der Waals surface area contributed by atoms with Crippen LogP contribution in [0.4, 0.5) is 0 Å². The van der Waals surface area contributed by atoms with Crippen LogP contribution in [-0.2, 0) is 9.73 Å². The first-order chi connectivity index (χ1) is 14.5. The highest BCUT2D eigenvalue weighted by molar-refractivity contribution is 7.93. The van der Waals surface area contributed by atoms with E-state index in [2.05, 4.69) is 14.7 Å². The first kappa shape index (κ1) is 19.6. The number of carbonyl (C=O) groups excluding carboxylic acids is 1. The zero-order valence-electron chi connectivity index (χ0n) is 16.3. The van der Waals surface area contributed by atoms with Crippen LogP contribution in [-0.4, -0.2) is 33.4 Å². The van der Waals surface area contributed by atoms with Crippen LogP contribution in [0.3, 0.4) is 0 Å². The summed E-state index contributed by atoms with van der Waals surface area (Å²) in [5, 5.41) is 3.98. The van der Waals surface area contributed by atoms with Crippen molar-refractivity contribution in [2.24, 2.45) is 4.36 Å². The van der Waals surface area contributed by atoms with Gasteiger partial charge in [0.15, 0.2) is 22.3 Å². The second-order valence-corrected chi connectivity index (χ2v) is 10.6. The summed E-state index contributed by atoms with van der Waals surface area (Å²) in [4.78, 5) is 17.2. The Kier molecular flexibility index (Phi) is 5.06. The van der Waals surface area contributed by atoms with E-state index in [-0.39, 0.29) is 23.6 Å². The maximum absolute atomic E-state index is 12.7. The van der Waals surface area contributed by atoms with Gasteiger partial charge in [-0.15, -0.1) is 0 Å². The second kappa shape index (κ2) is 7.74. The van der Waals surface area contributed by atoms with E-state index in [0.29, 0.717) is 22.4 Å². The molecule has 9 heteroatoms. The molecule has 2 aromatic heterocycles. The van der Waals surface area contributed by atoms with Crippen LogP contribution < -0.4 is 5.32 Å². The monoisotopic (exact) mass is 447 g/mol. The van der Waals surface area contributed by atoms with Crippen molar-refractivity contribution in [3.8, 4) is 0 Å². The molecule has 2 aliphatic rings. The smallest absolute Gasteiger partial charge is 0.287 e. The molecule has 3 heterocycles. The van der Waals surface area contributed by atoms with Gasteiger partial charge in [-0.1, -0.05) is 11.6 Å². The number of halogens is 1. The van der Waals surface area contributed by atoms with Gasteiger partial charge in [-0.2, -0.15) is 0 Å². The zero-order valence-corrected chi connectivity index (χ0v) is 17.9. The number of carbonyl (C=O) groups is 1. The van der Waals surface area contributed by atoms with Gasteiger partial charge in [-0.3, -0.25) is 4.79 Å². The standard InChI is InChI=1S/C21H22ClN3O4S/c22-14-4-7-17-16(12-14)25-21(29-17)13-2-5-15(6-3-13)24-20(26)18-8-9-19(28-18)30(27)11-1-10-23-30/h4,7-9,12-13,15H,1-3,5-6,10-11H2,(H,24,26).